The molecule has 202 valence electrons. The Labute approximate surface area is 221 Å². The van der Waals surface area contributed by atoms with Crippen molar-refractivity contribution in [1.82, 2.24) is 8.61 Å². The molecule has 0 spiro atoms. The van der Waals surface area contributed by atoms with Crippen molar-refractivity contribution in [2.24, 2.45) is 17.6 Å². The van der Waals surface area contributed by atoms with Crippen LogP contribution in [0, 0.1) is 18.8 Å². The average Bonchev–Trinajstić information content (AvgIpc) is 3.17. The van der Waals surface area contributed by atoms with Crippen molar-refractivity contribution in [2.45, 2.75) is 64.1 Å². The van der Waals surface area contributed by atoms with Gasteiger partial charge in [-0.2, -0.15) is 17.0 Å². The highest BCUT2D eigenvalue weighted by Gasteiger charge is 2.39. The van der Waals surface area contributed by atoms with Crippen LogP contribution in [-0.4, -0.2) is 61.0 Å². The molecule has 37 heavy (non-hydrogen) atoms. The molecule has 8 heteroatoms. The molecule has 3 unspecified atom stereocenters. The van der Waals surface area contributed by atoms with Gasteiger partial charge in [0.2, 0.25) is 0 Å². The molecule has 0 aromatic heterocycles. The first-order valence-electron chi connectivity index (χ1n) is 13.8. The summed E-state index contributed by atoms with van der Waals surface area (Å²) in [7, 11) is -3.47. The molecule has 3 aliphatic heterocycles. The SMILES string of the molecule is Cc1ccc2c(c1O)CC(C1CCN(S(=O)(=O)N3CCCC(Cc4ccccc4)CC3)CC1)OC2CN. The lowest BCUT2D eigenvalue weighted by atomic mass is 9.83. The van der Waals surface area contributed by atoms with Crippen molar-refractivity contribution >= 4 is 10.2 Å². The first-order valence-corrected chi connectivity index (χ1v) is 15.2. The summed E-state index contributed by atoms with van der Waals surface area (Å²) in [5.41, 5.74) is 10.1. The highest BCUT2D eigenvalue weighted by molar-refractivity contribution is 7.86. The molecule has 3 N–H and O–H groups in total. The van der Waals surface area contributed by atoms with E-state index in [1.54, 1.807) is 8.61 Å². The molecule has 2 fully saturated rings. The van der Waals surface area contributed by atoms with E-state index in [9.17, 15) is 13.5 Å². The van der Waals surface area contributed by atoms with Gasteiger partial charge in [0.05, 0.1) is 12.2 Å². The smallest absolute Gasteiger partial charge is 0.281 e. The standard InChI is InChI=1S/C29H41N3O4S/c1-21-9-10-25-26(29(21)33)19-27(36-28(25)20-30)24-12-16-32(17-13-24)37(34,35)31-14-5-8-23(11-15-31)18-22-6-3-2-4-7-22/h2-4,6-7,9-10,23-24,27-28,33H,5,8,11-20,30H2,1H3. The second-order valence-electron chi connectivity index (χ2n) is 11.0. The number of nitrogens with two attached hydrogens (primary N) is 1. The highest BCUT2D eigenvalue weighted by atomic mass is 32.2. The number of nitrogens with zero attached hydrogens (tertiary/aromatic N) is 2. The highest BCUT2D eigenvalue weighted by Crippen LogP contribution is 2.40. The van der Waals surface area contributed by atoms with Gasteiger partial charge in [0.25, 0.3) is 10.2 Å². The van der Waals surface area contributed by atoms with Gasteiger partial charge in [-0.25, -0.2) is 0 Å². The largest absolute Gasteiger partial charge is 0.507 e. The van der Waals surface area contributed by atoms with Crippen LogP contribution in [0.25, 0.3) is 0 Å². The quantitative estimate of drug-likeness (QED) is 0.593. The fourth-order valence-electron chi connectivity index (χ4n) is 6.44. The van der Waals surface area contributed by atoms with E-state index in [-0.39, 0.29) is 18.1 Å². The maximum absolute atomic E-state index is 13.6. The van der Waals surface area contributed by atoms with Gasteiger partial charge < -0.3 is 15.6 Å². The molecule has 0 radical (unpaired) electrons. The van der Waals surface area contributed by atoms with Crippen molar-refractivity contribution in [3.63, 3.8) is 0 Å². The molecule has 5 rings (SSSR count). The zero-order valence-corrected chi connectivity index (χ0v) is 22.7. The number of aryl methyl sites for hydroxylation is 1. The summed E-state index contributed by atoms with van der Waals surface area (Å²) in [6.07, 6.45) is 5.77. The summed E-state index contributed by atoms with van der Waals surface area (Å²) in [5.74, 6) is 1.11. The number of rotatable bonds is 6. The molecule has 0 saturated carbocycles. The minimum absolute atomic E-state index is 0.0597. The maximum atomic E-state index is 13.6. The molecule has 0 aliphatic carbocycles. The third-order valence-electron chi connectivity index (χ3n) is 8.68. The van der Waals surface area contributed by atoms with Gasteiger partial charge in [-0.3, -0.25) is 0 Å². The van der Waals surface area contributed by atoms with Crippen LogP contribution < -0.4 is 5.73 Å². The molecular formula is C29H41N3O4S. The molecule has 7 nitrogen and oxygen atoms in total. The van der Waals surface area contributed by atoms with Gasteiger partial charge in [0.15, 0.2) is 0 Å². The van der Waals surface area contributed by atoms with Gasteiger partial charge in [0, 0.05) is 44.7 Å². The van der Waals surface area contributed by atoms with E-state index in [0.29, 0.717) is 50.8 Å². The second kappa shape index (κ2) is 11.4. The number of benzene rings is 2. The lowest BCUT2D eigenvalue weighted by Crippen LogP contribution is -2.49. The average molecular weight is 528 g/mol. The first kappa shape index (κ1) is 26.6. The summed E-state index contributed by atoms with van der Waals surface area (Å²) in [6, 6.07) is 14.4. The Balaban J connectivity index is 1.18. The van der Waals surface area contributed by atoms with Crippen molar-refractivity contribution in [2.75, 3.05) is 32.7 Å². The van der Waals surface area contributed by atoms with Crippen molar-refractivity contribution in [3.8, 4) is 5.75 Å². The van der Waals surface area contributed by atoms with E-state index in [2.05, 4.69) is 24.3 Å². The molecular weight excluding hydrogens is 486 g/mol. The Morgan fingerprint density at radius 3 is 2.41 bits per heavy atom. The Morgan fingerprint density at radius 1 is 0.973 bits per heavy atom. The van der Waals surface area contributed by atoms with Crippen molar-refractivity contribution in [3.05, 3.63) is 64.7 Å². The third-order valence-corrected chi connectivity index (χ3v) is 10.7. The van der Waals surface area contributed by atoms with E-state index in [0.717, 1.165) is 55.2 Å². The van der Waals surface area contributed by atoms with Crippen LogP contribution in [0.1, 0.15) is 60.5 Å². The Bertz CT molecular complexity index is 1170. The zero-order chi connectivity index (χ0) is 26.0. The number of fused-ring (bicyclic) bond motifs is 1. The Hall–Kier alpha value is -1.97. The minimum atomic E-state index is -3.47. The van der Waals surface area contributed by atoms with Crippen LogP contribution in [0.4, 0.5) is 0 Å². The molecule has 2 saturated heterocycles. The summed E-state index contributed by atoms with van der Waals surface area (Å²) in [4.78, 5) is 0. The van der Waals surface area contributed by atoms with E-state index in [4.69, 9.17) is 10.5 Å². The molecule has 2 aromatic carbocycles. The molecule has 2 aromatic rings. The summed E-state index contributed by atoms with van der Waals surface area (Å²) >= 11 is 0. The topological polar surface area (TPSA) is 96.1 Å². The molecule has 0 bridgehead atoms. The Morgan fingerprint density at radius 2 is 1.68 bits per heavy atom. The summed E-state index contributed by atoms with van der Waals surface area (Å²) in [5, 5.41) is 10.7. The van der Waals surface area contributed by atoms with Gasteiger partial charge >= 0.3 is 0 Å². The van der Waals surface area contributed by atoms with E-state index in [1.165, 1.54) is 5.56 Å². The minimum Gasteiger partial charge on any atom is -0.507 e. The zero-order valence-electron chi connectivity index (χ0n) is 21.9. The van der Waals surface area contributed by atoms with Gasteiger partial charge in [-0.05, 0) is 74.0 Å². The normalized spacial score (nSPS) is 26.5. The lowest BCUT2D eigenvalue weighted by molar-refractivity contribution is -0.0613. The van der Waals surface area contributed by atoms with Gasteiger partial charge in [-0.1, -0.05) is 42.5 Å². The monoisotopic (exact) mass is 527 g/mol. The molecule has 3 aliphatic rings. The number of ether oxygens (including phenoxy) is 1. The number of phenols is 1. The molecule has 3 atom stereocenters. The number of piperidine rings is 1. The maximum Gasteiger partial charge on any atom is 0.281 e. The van der Waals surface area contributed by atoms with E-state index in [1.807, 2.05) is 25.1 Å². The van der Waals surface area contributed by atoms with Crippen LogP contribution in [0.2, 0.25) is 0 Å². The lowest BCUT2D eigenvalue weighted by Gasteiger charge is -2.41. The number of hydrogen-bond donors (Lipinski definition) is 2. The summed E-state index contributed by atoms with van der Waals surface area (Å²) in [6.45, 7) is 4.49. The van der Waals surface area contributed by atoms with E-state index >= 15 is 0 Å². The van der Waals surface area contributed by atoms with Crippen molar-refractivity contribution < 1.29 is 18.3 Å². The van der Waals surface area contributed by atoms with Crippen LogP contribution in [0.3, 0.4) is 0 Å². The molecule has 0 amide bonds. The number of aromatic hydroxyl groups is 1. The van der Waals surface area contributed by atoms with Crippen LogP contribution in [0.15, 0.2) is 42.5 Å². The number of hydrogen-bond acceptors (Lipinski definition) is 5. The van der Waals surface area contributed by atoms with Crippen LogP contribution in [-0.2, 0) is 27.8 Å². The summed E-state index contributed by atoms with van der Waals surface area (Å²) < 4.78 is 36.9. The van der Waals surface area contributed by atoms with Crippen LogP contribution in [0.5, 0.6) is 5.75 Å². The van der Waals surface area contributed by atoms with Gasteiger partial charge in [-0.15, -0.1) is 0 Å². The molecule has 3 heterocycles. The second-order valence-corrected chi connectivity index (χ2v) is 13.0. The van der Waals surface area contributed by atoms with Crippen molar-refractivity contribution in [1.29, 1.82) is 0 Å². The van der Waals surface area contributed by atoms with Crippen LogP contribution >= 0.6 is 0 Å². The fraction of sp³-hybridized carbons (Fsp3) is 0.586. The number of phenolic OH excluding ortho intramolecular Hbond substituents is 1. The first-order chi connectivity index (χ1) is 17.9. The van der Waals surface area contributed by atoms with E-state index < -0.39 is 10.2 Å². The fourth-order valence-corrected chi connectivity index (χ4v) is 8.14. The predicted molar refractivity (Wildman–Crippen MR) is 145 cm³/mol. The Kier molecular flexibility index (Phi) is 8.22. The predicted octanol–water partition coefficient (Wildman–Crippen LogP) is 3.94. The van der Waals surface area contributed by atoms with Gasteiger partial charge in [0.1, 0.15) is 5.75 Å². The third kappa shape index (κ3) is 5.73.